The number of rotatable bonds is 10. The second-order valence-electron chi connectivity index (χ2n) is 7.97. The molecule has 1 aliphatic carbocycles. The van der Waals surface area contributed by atoms with Crippen LogP contribution in [0.4, 0.5) is 17.2 Å². The molecule has 2 aromatic heterocycles. The van der Waals surface area contributed by atoms with E-state index >= 15 is 0 Å². The maximum absolute atomic E-state index is 12.5. The van der Waals surface area contributed by atoms with Crippen LogP contribution in [0.15, 0.2) is 30.5 Å². The fraction of sp³-hybridized carbons (Fsp3) is 0.333. The van der Waals surface area contributed by atoms with Crippen molar-refractivity contribution in [3.8, 4) is 17.0 Å². The van der Waals surface area contributed by atoms with Crippen molar-refractivity contribution in [2.45, 2.75) is 25.5 Å². The Labute approximate surface area is 204 Å². The van der Waals surface area contributed by atoms with Crippen molar-refractivity contribution in [2.75, 3.05) is 24.3 Å². The first-order chi connectivity index (χ1) is 17.2. The highest BCUT2D eigenvalue weighted by Crippen LogP contribution is 2.37. The van der Waals surface area contributed by atoms with E-state index in [1.165, 1.54) is 18.0 Å². The fourth-order valence-corrected chi connectivity index (χ4v) is 3.35. The lowest BCUT2D eigenvalue weighted by Gasteiger charge is -2.18. The fourth-order valence-electron chi connectivity index (χ4n) is 3.35. The van der Waals surface area contributed by atoms with Gasteiger partial charge in [-0.15, -0.1) is 10.2 Å². The summed E-state index contributed by atoms with van der Waals surface area (Å²) in [5.41, 5.74) is 6.67. The molecule has 1 aliphatic rings. The molecule has 0 saturated heterocycles. The van der Waals surface area contributed by atoms with E-state index in [0.717, 1.165) is 12.8 Å². The Kier molecular flexibility index (Phi) is 7.07. The van der Waals surface area contributed by atoms with Crippen molar-refractivity contribution in [1.82, 2.24) is 30.5 Å². The summed E-state index contributed by atoms with van der Waals surface area (Å²) in [7, 11) is 1.45. The Morgan fingerprint density at radius 3 is 2.67 bits per heavy atom. The number of methoxy groups -OCH3 is 1. The minimum Gasteiger partial charge on any atom is -0.494 e. The molecule has 3 aromatic rings. The van der Waals surface area contributed by atoms with Crippen LogP contribution < -0.4 is 26.4 Å². The Balaban J connectivity index is 1.70. The highest BCUT2D eigenvalue weighted by atomic mass is 16.7. The van der Waals surface area contributed by atoms with E-state index < -0.39 is 17.7 Å². The first kappa shape index (κ1) is 24.9. The van der Waals surface area contributed by atoms with Crippen molar-refractivity contribution < 1.29 is 29.6 Å². The van der Waals surface area contributed by atoms with E-state index in [1.807, 2.05) is 0 Å². The molecule has 4 rings (SSSR count). The number of carbonyl (C=O) groups is 2. The number of hydrogen-bond acceptors (Lipinski definition) is 12. The van der Waals surface area contributed by atoms with E-state index in [0.29, 0.717) is 35.8 Å². The van der Waals surface area contributed by atoms with Gasteiger partial charge in [0.05, 0.1) is 31.2 Å². The molecule has 0 spiro atoms. The van der Waals surface area contributed by atoms with Crippen molar-refractivity contribution in [3.05, 3.63) is 36.2 Å². The van der Waals surface area contributed by atoms with E-state index in [-0.39, 0.29) is 23.3 Å². The molecule has 2 amide bonds. The standard InChI is InChI=1S/C21H25N9O6/c1-36-18-12(15-10-23-30(29-15)8-7-22)3-2-4-13(18)24-14-9-16(25-19(31)11-5-6-11)27-28-17(14)20(32)26-21(33,34)35/h2-4,9-11,33-35H,5-8,22H2,1H3,(H,26,32)(H2,24,25,27,31). The normalized spacial score (nSPS) is 13.2. The van der Waals surface area contributed by atoms with Crippen LogP contribution in [0, 0.1) is 5.92 Å². The lowest BCUT2D eigenvalue weighted by molar-refractivity contribution is -0.323. The van der Waals surface area contributed by atoms with Gasteiger partial charge >= 0.3 is 6.10 Å². The van der Waals surface area contributed by atoms with Crippen molar-refractivity contribution in [1.29, 1.82) is 0 Å². The summed E-state index contributed by atoms with van der Waals surface area (Å²) in [6, 6.07) is 6.48. The zero-order chi connectivity index (χ0) is 25.9. The average Bonchev–Trinajstić information content (AvgIpc) is 3.57. The van der Waals surface area contributed by atoms with Gasteiger partial charge in [0.2, 0.25) is 5.91 Å². The van der Waals surface area contributed by atoms with Gasteiger partial charge in [0.1, 0.15) is 5.69 Å². The van der Waals surface area contributed by atoms with Crippen LogP contribution in [0.5, 0.6) is 5.75 Å². The van der Waals surface area contributed by atoms with Gasteiger partial charge in [0.25, 0.3) is 5.91 Å². The number of nitrogens with two attached hydrogens (primary N) is 1. The predicted octanol–water partition coefficient (Wildman–Crippen LogP) is -0.887. The van der Waals surface area contributed by atoms with Gasteiger partial charge in [0, 0.05) is 24.1 Å². The largest absolute Gasteiger partial charge is 0.494 e. The van der Waals surface area contributed by atoms with Crippen LogP contribution in [-0.4, -0.2) is 72.1 Å². The quantitative estimate of drug-likeness (QED) is 0.169. The molecule has 0 aliphatic heterocycles. The van der Waals surface area contributed by atoms with Gasteiger partial charge in [0.15, 0.2) is 17.3 Å². The number of para-hydroxylation sites is 1. The Morgan fingerprint density at radius 1 is 1.22 bits per heavy atom. The van der Waals surface area contributed by atoms with Gasteiger partial charge in [-0.3, -0.25) is 14.9 Å². The molecule has 8 N–H and O–H groups in total. The topological polar surface area (TPSA) is 223 Å². The van der Waals surface area contributed by atoms with Crippen molar-refractivity contribution in [3.63, 3.8) is 0 Å². The smallest absolute Gasteiger partial charge is 0.369 e. The molecule has 2 heterocycles. The van der Waals surface area contributed by atoms with Gasteiger partial charge in [-0.05, 0) is 25.0 Å². The summed E-state index contributed by atoms with van der Waals surface area (Å²) >= 11 is 0. The third kappa shape index (κ3) is 5.89. The van der Waals surface area contributed by atoms with E-state index in [9.17, 15) is 9.59 Å². The molecule has 1 fully saturated rings. The zero-order valence-electron chi connectivity index (χ0n) is 19.2. The van der Waals surface area contributed by atoms with Crippen molar-refractivity contribution in [2.24, 2.45) is 11.7 Å². The summed E-state index contributed by atoms with van der Waals surface area (Å²) in [4.78, 5) is 26.2. The molecule has 0 bridgehead atoms. The van der Waals surface area contributed by atoms with Crippen molar-refractivity contribution >= 4 is 29.0 Å². The van der Waals surface area contributed by atoms with Crippen LogP contribution in [0.25, 0.3) is 11.3 Å². The molecule has 15 heteroatoms. The monoisotopic (exact) mass is 499 g/mol. The number of carbonyl (C=O) groups excluding carboxylic acids is 2. The molecule has 1 saturated carbocycles. The van der Waals surface area contributed by atoms with Crippen LogP contribution in [0.3, 0.4) is 0 Å². The Morgan fingerprint density at radius 2 is 2.00 bits per heavy atom. The van der Waals surface area contributed by atoms with Crippen LogP contribution >= 0.6 is 0 Å². The molecule has 1 aromatic carbocycles. The molecule has 190 valence electrons. The first-order valence-corrected chi connectivity index (χ1v) is 10.9. The summed E-state index contributed by atoms with van der Waals surface area (Å²) in [5, 5.41) is 50.9. The van der Waals surface area contributed by atoms with E-state index in [1.54, 1.807) is 29.7 Å². The highest BCUT2D eigenvalue weighted by molar-refractivity contribution is 6.00. The number of ether oxygens (including phenoxy) is 1. The predicted molar refractivity (Wildman–Crippen MR) is 125 cm³/mol. The lowest BCUT2D eigenvalue weighted by Crippen LogP contribution is -2.48. The Hall–Kier alpha value is -4.18. The third-order valence-electron chi connectivity index (χ3n) is 5.12. The highest BCUT2D eigenvalue weighted by Gasteiger charge is 2.31. The number of benzene rings is 1. The summed E-state index contributed by atoms with van der Waals surface area (Å²) < 4.78 is 5.60. The van der Waals surface area contributed by atoms with Gasteiger partial charge < -0.3 is 36.4 Å². The van der Waals surface area contributed by atoms with Gasteiger partial charge in [-0.25, -0.2) is 0 Å². The second kappa shape index (κ2) is 10.2. The lowest BCUT2D eigenvalue weighted by atomic mass is 10.1. The molecule has 0 radical (unpaired) electrons. The summed E-state index contributed by atoms with van der Waals surface area (Å²) in [5.74, 6) is -1.07. The minimum absolute atomic E-state index is 0.0279. The van der Waals surface area contributed by atoms with E-state index in [2.05, 4.69) is 31.0 Å². The summed E-state index contributed by atoms with van der Waals surface area (Å²) in [6.45, 7) is 0.794. The third-order valence-corrected chi connectivity index (χ3v) is 5.12. The van der Waals surface area contributed by atoms with Crippen LogP contribution in [0.2, 0.25) is 0 Å². The zero-order valence-corrected chi connectivity index (χ0v) is 19.2. The average molecular weight is 499 g/mol. The van der Waals surface area contributed by atoms with E-state index in [4.69, 9.17) is 25.8 Å². The summed E-state index contributed by atoms with van der Waals surface area (Å²) in [6.07, 6.45) is -0.381. The maximum atomic E-state index is 12.5. The first-order valence-electron chi connectivity index (χ1n) is 10.9. The molecule has 15 nitrogen and oxygen atoms in total. The molecule has 36 heavy (non-hydrogen) atoms. The number of hydrogen-bond donors (Lipinski definition) is 7. The minimum atomic E-state index is -3.48. The molecular formula is C21H25N9O6. The molecular weight excluding hydrogens is 474 g/mol. The van der Waals surface area contributed by atoms with Gasteiger partial charge in [-0.1, -0.05) is 6.07 Å². The second-order valence-corrected chi connectivity index (χ2v) is 7.97. The molecule has 0 unspecified atom stereocenters. The van der Waals surface area contributed by atoms with Crippen LogP contribution in [0.1, 0.15) is 23.3 Å². The number of aromatic nitrogens is 5. The number of nitrogens with zero attached hydrogens (tertiary/aromatic N) is 5. The number of anilines is 3. The van der Waals surface area contributed by atoms with Gasteiger partial charge in [-0.2, -0.15) is 15.0 Å². The Bertz CT molecular complexity index is 1270. The number of amides is 2. The number of aliphatic hydroxyl groups is 3. The van der Waals surface area contributed by atoms with Crippen LogP contribution in [-0.2, 0) is 11.3 Å². The molecule has 0 atom stereocenters. The SMILES string of the molecule is COc1c(Nc2cc(NC(=O)C3CC3)nnc2C(=O)NC(O)(O)O)cccc1-c1cnn(CCN)n1. The maximum Gasteiger partial charge on any atom is 0.369 e. The number of nitrogens with one attached hydrogen (secondary N) is 3.